The average molecular weight is 316 g/mol. The number of nitrogens with zero attached hydrogens (tertiary/aromatic N) is 1. The Morgan fingerprint density at radius 1 is 1.27 bits per heavy atom. The number of aryl methyl sites for hydroxylation is 1. The Labute approximate surface area is 134 Å². The summed E-state index contributed by atoms with van der Waals surface area (Å²) in [4.78, 5) is 16.2. The molecule has 2 atom stereocenters. The monoisotopic (exact) mass is 316 g/mol. The Kier molecular flexibility index (Phi) is 5.19. The Hall–Kier alpha value is -1.72. The summed E-state index contributed by atoms with van der Waals surface area (Å²) in [5, 5.41) is 7.28. The molecule has 1 amide bonds. The van der Waals surface area contributed by atoms with Gasteiger partial charge in [-0.15, -0.1) is 0 Å². The van der Waals surface area contributed by atoms with Gasteiger partial charge < -0.3 is 10.1 Å². The molecule has 3 rings (SSSR count). The largest absolute Gasteiger partial charge is 0.379 e. The van der Waals surface area contributed by atoms with Gasteiger partial charge in [-0.05, 0) is 52.9 Å². The number of carbonyl (C=O) groups is 1. The van der Waals surface area contributed by atoms with Crippen LogP contribution in [0.15, 0.2) is 41.4 Å². The van der Waals surface area contributed by atoms with E-state index in [2.05, 4.69) is 21.7 Å². The molecule has 22 heavy (non-hydrogen) atoms. The Morgan fingerprint density at radius 3 is 2.91 bits per heavy atom. The molecule has 5 heteroatoms. The van der Waals surface area contributed by atoms with E-state index < -0.39 is 0 Å². The first kappa shape index (κ1) is 15.2. The maximum atomic E-state index is 12.1. The lowest BCUT2D eigenvalue weighted by atomic mass is 9.95. The molecular formula is C17H20N2O2S. The molecule has 1 aliphatic rings. The van der Waals surface area contributed by atoms with Crippen LogP contribution < -0.4 is 5.32 Å². The van der Waals surface area contributed by atoms with Crippen molar-refractivity contribution >= 4 is 17.2 Å². The molecule has 0 saturated carbocycles. The second-order valence-corrected chi connectivity index (χ2v) is 6.44. The molecule has 2 aromatic heterocycles. The highest BCUT2D eigenvalue weighted by atomic mass is 32.1. The van der Waals surface area contributed by atoms with Crippen molar-refractivity contribution in [2.24, 2.45) is 5.92 Å². The van der Waals surface area contributed by atoms with Gasteiger partial charge in [-0.2, -0.15) is 11.3 Å². The maximum absolute atomic E-state index is 12.1. The second kappa shape index (κ2) is 7.51. The number of pyridine rings is 1. The van der Waals surface area contributed by atoms with Crippen molar-refractivity contribution in [2.75, 3.05) is 13.2 Å². The van der Waals surface area contributed by atoms with Gasteiger partial charge >= 0.3 is 0 Å². The molecular weight excluding hydrogens is 296 g/mol. The molecule has 0 aliphatic carbocycles. The first-order chi connectivity index (χ1) is 10.8. The van der Waals surface area contributed by atoms with Crippen LogP contribution in [0.2, 0.25) is 0 Å². The highest BCUT2D eigenvalue weighted by Crippen LogP contribution is 2.19. The van der Waals surface area contributed by atoms with E-state index in [4.69, 9.17) is 4.74 Å². The SMILES string of the molecule is O=C(CCc1ccsc1)N[C@@H]1COC[C@H]1Cc1ccncc1. The van der Waals surface area contributed by atoms with E-state index in [0.717, 1.165) is 12.8 Å². The number of aromatic nitrogens is 1. The average Bonchev–Trinajstić information content (AvgIpc) is 3.19. The quantitative estimate of drug-likeness (QED) is 0.890. The van der Waals surface area contributed by atoms with Crippen LogP contribution in [-0.2, 0) is 22.4 Å². The van der Waals surface area contributed by atoms with Crippen LogP contribution in [-0.4, -0.2) is 30.1 Å². The minimum atomic E-state index is 0.112. The van der Waals surface area contributed by atoms with Crippen LogP contribution in [0.25, 0.3) is 0 Å². The van der Waals surface area contributed by atoms with Crippen molar-refractivity contribution in [3.8, 4) is 0 Å². The Bertz CT molecular complexity index is 586. The second-order valence-electron chi connectivity index (χ2n) is 5.66. The highest BCUT2D eigenvalue weighted by Gasteiger charge is 2.29. The van der Waals surface area contributed by atoms with E-state index in [-0.39, 0.29) is 11.9 Å². The van der Waals surface area contributed by atoms with Crippen molar-refractivity contribution in [1.82, 2.24) is 10.3 Å². The van der Waals surface area contributed by atoms with Crippen molar-refractivity contribution in [1.29, 1.82) is 0 Å². The number of rotatable bonds is 6. The van der Waals surface area contributed by atoms with Gasteiger partial charge in [-0.25, -0.2) is 0 Å². The lowest BCUT2D eigenvalue weighted by Gasteiger charge is -2.19. The van der Waals surface area contributed by atoms with Gasteiger partial charge in [0.2, 0.25) is 5.91 Å². The molecule has 3 heterocycles. The molecule has 4 nitrogen and oxygen atoms in total. The molecule has 1 N–H and O–H groups in total. The lowest BCUT2D eigenvalue weighted by Crippen LogP contribution is -2.40. The maximum Gasteiger partial charge on any atom is 0.220 e. The van der Waals surface area contributed by atoms with E-state index in [9.17, 15) is 4.79 Å². The number of amides is 1. The molecule has 116 valence electrons. The molecule has 1 saturated heterocycles. The molecule has 0 aromatic carbocycles. The minimum absolute atomic E-state index is 0.112. The van der Waals surface area contributed by atoms with Gasteiger partial charge in [0.05, 0.1) is 19.3 Å². The van der Waals surface area contributed by atoms with Gasteiger partial charge in [0, 0.05) is 24.7 Å². The number of nitrogens with one attached hydrogen (secondary N) is 1. The molecule has 2 aromatic rings. The molecule has 1 fully saturated rings. The summed E-state index contributed by atoms with van der Waals surface area (Å²) < 4.78 is 5.56. The van der Waals surface area contributed by atoms with Crippen molar-refractivity contribution < 1.29 is 9.53 Å². The number of carbonyl (C=O) groups excluding carboxylic acids is 1. The Balaban J connectivity index is 1.49. The Morgan fingerprint density at radius 2 is 2.14 bits per heavy atom. The van der Waals surface area contributed by atoms with Crippen LogP contribution in [0, 0.1) is 5.92 Å². The summed E-state index contributed by atoms with van der Waals surface area (Å²) in [5.74, 6) is 0.453. The zero-order valence-corrected chi connectivity index (χ0v) is 13.2. The first-order valence-electron chi connectivity index (χ1n) is 7.58. The fraction of sp³-hybridized carbons (Fsp3) is 0.412. The van der Waals surface area contributed by atoms with Crippen LogP contribution in [0.5, 0.6) is 0 Å². The van der Waals surface area contributed by atoms with Crippen LogP contribution in [0.3, 0.4) is 0 Å². The molecule has 0 radical (unpaired) electrons. The van der Waals surface area contributed by atoms with E-state index in [1.54, 1.807) is 23.7 Å². The van der Waals surface area contributed by atoms with E-state index in [0.29, 0.717) is 25.6 Å². The highest BCUT2D eigenvalue weighted by molar-refractivity contribution is 7.07. The zero-order chi connectivity index (χ0) is 15.2. The number of hydrogen-bond donors (Lipinski definition) is 1. The lowest BCUT2D eigenvalue weighted by molar-refractivity contribution is -0.122. The topological polar surface area (TPSA) is 51.2 Å². The zero-order valence-electron chi connectivity index (χ0n) is 12.4. The molecule has 0 unspecified atom stereocenters. The van der Waals surface area contributed by atoms with Crippen LogP contribution >= 0.6 is 11.3 Å². The number of thiophene rings is 1. The summed E-state index contributed by atoms with van der Waals surface area (Å²) in [7, 11) is 0. The fourth-order valence-electron chi connectivity index (χ4n) is 2.75. The minimum Gasteiger partial charge on any atom is -0.379 e. The third-order valence-corrected chi connectivity index (χ3v) is 4.74. The standard InChI is InChI=1S/C17H20N2O2S/c20-17(2-1-14-5-8-22-12-14)19-16-11-21-10-15(16)9-13-3-6-18-7-4-13/h3-8,12,15-16H,1-2,9-11H2,(H,19,20)/t15-,16-/m1/s1. The van der Waals surface area contributed by atoms with Crippen LogP contribution in [0.4, 0.5) is 0 Å². The number of hydrogen-bond acceptors (Lipinski definition) is 4. The van der Waals surface area contributed by atoms with Crippen molar-refractivity contribution in [2.45, 2.75) is 25.3 Å². The first-order valence-corrected chi connectivity index (χ1v) is 8.52. The van der Waals surface area contributed by atoms with Crippen LogP contribution in [0.1, 0.15) is 17.5 Å². The summed E-state index contributed by atoms with van der Waals surface area (Å²) in [6.45, 7) is 1.32. The molecule has 1 aliphatic heterocycles. The van der Waals surface area contributed by atoms with Crippen molar-refractivity contribution in [3.05, 3.63) is 52.5 Å². The predicted molar refractivity (Wildman–Crippen MR) is 86.8 cm³/mol. The van der Waals surface area contributed by atoms with Crippen molar-refractivity contribution in [3.63, 3.8) is 0 Å². The van der Waals surface area contributed by atoms with Gasteiger partial charge in [0.1, 0.15) is 0 Å². The van der Waals surface area contributed by atoms with Gasteiger partial charge in [0.15, 0.2) is 0 Å². The third-order valence-electron chi connectivity index (χ3n) is 4.01. The van der Waals surface area contributed by atoms with E-state index >= 15 is 0 Å². The number of ether oxygens (including phenoxy) is 1. The van der Waals surface area contributed by atoms with Gasteiger partial charge in [0.25, 0.3) is 0 Å². The predicted octanol–water partition coefficient (Wildman–Crippen LogP) is 2.45. The molecule has 0 bridgehead atoms. The van der Waals surface area contributed by atoms with E-state index in [1.165, 1.54) is 11.1 Å². The van der Waals surface area contributed by atoms with Gasteiger partial charge in [-0.1, -0.05) is 0 Å². The van der Waals surface area contributed by atoms with E-state index in [1.807, 2.05) is 17.5 Å². The summed E-state index contributed by atoms with van der Waals surface area (Å²) in [5.41, 5.74) is 2.47. The molecule has 0 spiro atoms. The summed E-state index contributed by atoms with van der Waals surface area (Å²) >= 11 is 1.67. The summed E-state index contributed by atoms with van der Waals surface area (Å²) in [6, 6.07) is 6.23. The summed E-state index contributed by atoms with van der Waals surface area (Å²) in [6.07, 6.45) is 5.87. The third kappa shape index (κ3) is 4.15. The normalized spacial score (nSPS) is 20.9. The fourth-order valence-corrected chi connectivity index (χ4v) is 3.46. The smallest absolute Gasteiger partial charge is 0.220 e. The van der Waals surface area contributed by atoms with Gasteiger partial charge in [-0.3, -0.25) is 9.78 Å².